The number of nitrogens with two attached hydrogens (primary N) is 1. The van der Waals surface area contributed by atoms with Gasteiger partial charge in [0.2, 0.25) is 0 Å². The maximum atomic E-state index is 11.7. The Morgan fingerprint density at radius 2 is 1.88 bits per heavy atom. The molecule has 2 N–H and O–H groups in total. The lowest BCUT2D eigenvalue weighted by atomic mass is 10.3. The lowest BCUT2D eigenvalue weighted by molar-refractivity contribution is 0.589. The standard InChI is InChI=1S/C12H19NO2S2/c1-11(13)7-9-17(14,15)10-8-16-12-5-3-2-4-6-12/h2-6,11H,7-10,13H2,1H3. The van der Waals surface area contributed by atoms with Gasteiger partial charge in [-0.2, -0.15) is 0 Å². The lowest BCUT2D eigenvalue weighted by Gasteiger charge is -2.06. The first-order valence-electron chi connectivity index (χ1n) is 5.63. The topological polar surface area (TPSA) is 60.2 Å². The van der Waals surface area contributed by atoms with Gasteiger partial charge in [-0.15, -0.1) is 11.8 Å². The van der Waals surface area contributed by atoms with Gasteiger partial charge >= 0.3 is 0 Å². The van der Waals surface area contributed by atoms with Crippen molar-refractivity contribution in [1.29, 1.82) is 0 Å². The summed E-state index contributed by atoms with van der Waals surface area (Å²) in [7, 11) is -2.95. The molecule has 3 nitrogen and oxygen atoms in total. The van der Waals surface area contributed by atoms with Crippen molar-refractivity contribution < 1.29 is 8.42 Å². The molecule has 0 bridgehead atoms. The van der Waals surface area contributed by atoms with Crippen LogP contribution in [0.4, 0.5) is 0 Å². The molecule has 1 aromatic rings. The van der Waals surface area contributed by atoms with Crippen molar-refractivity contribution in [2.24, 2.45) is 5.73 Å². The zero-order valence-electron chi connectivity index (χ0n) is 10.0. The summed E-state index contributed by atoms with van der Waals surface area (Å²) in [6.45, 7) is 1.83. The van der Waals surface area contributed by atoms with Crippen LogP contribution >= 0.6 is 11.8 Å². The third kappa shape index (κ3) is 6.71. The zero-order valence-corrected chi connectivity index (χ0v) is 11.6. The SMILES string of the molecule is CC(N)CCS(=O)(=O)CCSc1ccccc1. The van der Waals surface area contributed by atoms with Gasteiger partial charge in [-0.05, 0) is 25.5 Å². The number of sulfone groups is 1. The summed E-state index contributed by atoms with van der Waals surface area (Å²) in [6, 6.07) is 9.77. The number of rotatable bonds is 7. The molecule has 1 rings (SSSR count). The van der Waals surface area contributed by atoms with Crippen molar-refractivity contribution >= 4 is 21.6 Å². The van der Waals surface area contributed by atoms with Gasteiger partial charge in [-0.3, -0.25) is 0 Å². The van der Waals surface area contributed by atoms with E-state index in [0.29, 0.717) is 12.2 Å². The summed E-state index contributed by atoms with van der Waals surface area (Å²) < 4.78 is 23.3. The number of hydrogen-bond donors (Lipinski definition) is 1. The van der Waals surface area contributed by atoms with Crippen molar-refractivity contribution in [1.82, 2.24) is 0 Å². The molecule has 0 saturated carbocycles. The molecule has 0 heterocycles. The van der Waals surface area contributed by atoms with Gasteiger partial charge in [0, 0.05) is 16.7 Å². The summed E-state index contributed by atoms with van der Waals surface area (Å²) in [5, 5.41) is 0. The Morgan fingerprint density at radius 3 is 2.47 bits per heavy atom. The molecule has 0 aliphatic heterocycles. The molecule has 0 amide bonds. The minimum Gasteiger partial charge on any atom is -0.328 e. The van der Waals surface area contributed by atoms with Crippen LogP contribution in [0.15, 0.2) is 35.2 Å². The van der Waals surface area contributed by atoms with Crippen LogP contribution in [-0.4, -0.2) is 31.7 Å². The Labute approximate surface area is 108 Å². The maximum absolute atomic E-state index is 11.7. The van der Waals surface area contributed by atoms with E-state index in [2.05, 4.69) is 0 Å². The summed E-state index contributed by atoms with van der Waals surface area (Å²) in [5.74, 6) is 1.02. The highest BCUT2D eigenvalue weighted by molar-refractivity contribution is 8.00. The van der Waals surface area contributed by atoms with Crippen LogP contribution < -0.4 is 5.73 Å². The van der Waals surface area contributed by atoms with E-state index in [-0.39, 0.29) is 17.5 Å². The molecule has 0 spiro atoms. The molecule has 1 aromatic carbocycles. The van der Waals surface area contributed by atoms with E-state index >= 15 is 0 Å². The van der Waals surface area contributed by atoms with Gasteiger partial charge in [0.25, 0.3) is 0 Å². The molecule has 0 fully saturated rings. The van der Waals surface area contributed by atoms with Gasteiger partial charge in [-0.1, -0.05) is 18.2 Å². The molecular formula is C12H19NO2S2. The van der Waals surface area contributed by atoms with Gasteiger partial charge in [0.05, 0.1) is 11.5 Å². The van der Waals surface area contributed by atoms with Crippen molar-refractivity contribution in [2.45, 2.75) is 24.3 Å². The predicted octanol–water partition coefficient (Wildman–Crippen LogP) is 1.93. The van der Waals surface area contributed by atoms with Crippen LogP contribution in [0.1, 0.15) is 13.3 Å². The molecule has 1 unspecified atom stereocenters. The number of benzene rings is 1. The first kappa shape index (κ1) is 14.5. The van der Waals surface area contributed by atoms with Crippen molar-refractivity contribution in [3.05, 3.63) is 30.3 Å². The Balaban J connectivity index is 2.31. The van der Waals surface area contributed by atoms with E-state index in [1.165, 1.54) is 0 Å². The largest absolute Gasteiger partial charge is 0.328 e. The summed E-state index contributed by atoms with van der Waals surface area (Å²) >= 11 is 1.57. The van der Waals surface area contributed by atoms with Gasteiger partial charge < -0.3 is 5.73 Å². The van der Waals surface area contributed by atoms with Gasteiger partial charge in [0.1, 0.15) is 0 Å². The molecule has 5 heteroatoms. The highest BCUT2D eigenvalue weighted by atomic mass is 32.2. The molecule has 1 atom stereocenters. The fourth-order valence-electron chi connectivity index (χ4n) is 1.27. The third-order valence-electron chi connectivity index (χ3n) is 2.29. The van der Waals surface area contributed by atoms with E-state index in [1.54, 1.807) is 11.8 Å². The van der Waals surface area contributed by atoms with Crippen LogP contribution in [0, 0.1) is 0 Å². The second kappa shape index (κ2) is 7.03. The molecule has 0 radical (unpaired) electrons. The lowest BCUT2D eigenvalue weighted by Crippen LogP contribution is -2.22. The third-order valence-corrected chi connectivity index (χ3v) is 5.25. The first-order chi connectivity index (χ1) is 7.99. The molecular weight excluding hydrogens is 254 g/mol. The fourth-order valence-corrected chi connectivity index (χ4v) is 4.14. The monoisotopic (exact) mass is 273 g/mol. The molecule has 0 saturated heterocycles. The maximum Gasteiger partial charge on any atom is 0.151 e. The van der Waals surface area contributed by atoms with Crippen LogP contribution in [0.3, 0.4) is 0 Å². The average molecular weight is 273 g/mol. The quantitative estimate of drug-likeness (QED) is 0.771. The van der Waals surface area contributed by atoms with Crippen LogP contribution in [0.5, 0.6) is 0 Å². The van der Waals surface area contributed by atoms with E-state index in [1.807, 2.05) is 37.3 Å². The highest BCUT2D eigenvalue weighted by Gasteiger charge is 2.11. The van der Waals surface area contributed by atoms with Crippen molar-refractivity contribution in [2.75, 3.05) is 17.3 Å². The molecule has 0 aliphatic carbocycles. The highest BCUT2D eigenvalue weighted by Crippen LogP contribution is 2.17. The first-order valence-corrected chi connectivity index (χ1v) is 8.44. The van der Waals surface area contributed by atoms with Crippen molar-refractivity contribution in [3.8, 4) is 0 Å². The zero-order chi connectivity index (χ0) is 12.7. The summed E-state index contributed by atoms with van der Waals surface area (Å²) in [4.78, 5) is 1.11. The second-order valence-electron chi connectivity index (χ2n) is 4.08. The minimum atomic E-state index is -2.95. The Morgan fingerprint density at radius 1 is 1.24 bits per heavy atom. The summed E-state index contributed by atoms with van der Waals surface area (Å²) in [5.41, 5.74) is 5.55. The van der Waals surface area contributed by atoms with E-state index in [9.17, 15) is 8.42 Å². The molecule has 0 aromatic heterocycles. The van der Waals surface area contributed by atoms with E-state index in [4.69, 9.17) is 5.73 Å². The number of thioether (sulfide) groups is 1. The number of hydrogen-bond acceptors (Lipinski definition) is 4. The van der Waals surface area contributed by atoms with Crippen LogP contribution in [0.2, 0.25) is 0 Å². The van der Waals surface area contributed by atoms with Crippen molar-refractivity contribution in [3.63, 3.8) is 0 Å². The predicted molar refractivity (Wildman–Crippen MR) is 74.1 cm³/mol. The Hall–Kier alpha value is -0.520. The van der Waals surface area contributed by atoms with Crippen LogP contribution in [0.25, 0.3) is 0 Å². The fraction of sp³-hybridized carbons (Fsp3) is 0.500. The molecule has 0 aliphatic rings. The smallest absolute Gasteiger partial charge is 0.151 e. The Bertz CT molecular complexity index is 415. The minimum absolute atomic E-state index is 0.0495. The van der Waals surface area contributed by atoms with Gasteiger partial charge in [-0.25, -0.2) is 8.42 Å². The van der Waals surface area contributed by atoms with Crippen LogP contribution in [-0.2, 0) is 9.84 Å². The van der Waals surface area contributed by atoms with Gasteiger partial charge in [0.15, 0.2) is 9.84 Å². The average Bonchev–Trinajstić information content (AvgIpc) is 2.28. The summed E-state index contributed by atoms with van der Waals surface area (Å²) in [6.07, 6.45) is 0.540. The van der Waals surface area contributed by atoms with E-state index < -0.39 is 9.84 Å². The second-order valence-corrected chi connectivity index (χ2v) is 7.55. The Kier molecular flexibility index (Phi) is 6.02. The molecule has 96 valence electrons. The molecule has 17 heavy (non-hydrogen) atoms. The normalized spacial score (nSPS) is 13.5. The van der Waals surface area contributed by atoms with E-state index in [0.717, 1.165) is 4.90 Å².